The molecule has 0 unspecified atom stereocenters. The van der Waals surface area contributed by atoms with E-state index in [0.29, 0.717) is 18.9 Å². The zero-order valence-corrected chi connectivity index (χ0v) is 15.7. The molecule has 0 aliphatic rings. The average molecular weight is 462 g/mol. The number of hydrogen-bond donors (Lipinski definition) is 2. The highest BCUT2D eigenvalue weighted by Crippen LogP contribution is 2.33. The number of rotatable bonds is 5. The molecule has 0 heterocycles. The lowest BCUT2D eigenvalue weighted by atomic mass is 10.1. The predicted molar refractivity (Wildman–Crippen MR) is 98.2 cm³/mol. The number of ether oxygens (including phenoxy) is 1. The van der Waals surface area contributed by atoms with Gasteiger partial charge in [0, 0.05) is 16.7 Å². The maximum atomic E-state index is 9.95. The van der Waals surface area contributed by atoms with Crippen molar-refractivity contribution in [3.05, 3.63) is 49.5 Å². The van der Waals surface area contributed by atoms with Gasteiger partial charge < -0.3 is 15.2 Å². The summed E-state index contributed by atoms with van der Waals surface area (Å²) in [4.78, 5) is 0. The molecule has 0 bridgehead atoms. The molecule has 3 nitrogen and oxygen atoms in total. The number of phenols is 1. The van der Waals surface area contributed by atoms with Crippen molar-refractivity contribution in [3.8, 4) is 11.5 Å². The molecule has 2 rings (SSSR count). The normalized spacial score (nSPS) is 10.5. The molecule has 0 aliphatic carbocycles. The van der Waals surface area contributed by atoms with Gasteiger partial charge in [0.25, 0.3) is 0 Å². The van der Waals surface area contributed by atoms with Gasteiger partial charge in [0.2, 0.25) is 0 Å². The Morgan fingerprint density at radius 1 is 1.29 bits per heavy atom. The fraction of sp³-hybridized carbons (Fsp3) is 0.250. The van der Waals surface area contributed by atoms with Crippen LogP contribution >= 0.6 is 38.5 Å². The van der Waals surface area contributed by atoms with Crippen molar-refractivity contribution in [1.82, 2.24) is 0 Å². The van der Waals surface area contributed by atoms with Crippen LogP contribution in [0, 0.1) is 10.5 Å². The van der Waals surface area contributed by atoms with Crippen molar-refractivity contribution in [2.24, 2.45) is 0 Å². The van der Waals surface area contributed by atoms with E-state index in [9.17, 15) is 5.11 Å². The van der Waals surface area contributed by atoms with Gasteiger partial charge in [-0.3, -0.25) is 0 Å². The first-order valence-corrected chi connectivity index (χ1v) is 8.52. The largest absolute Gasteiger partial charge is 0.504 e. The molecule has 0 aromatic heterocycles. The summed E-state index contributed by atoms with van der Waals surface area (Å²) in [5.74, 6) is 0.745. The van der Waals surface area contributed by atoms with Gasteiger partial charge >= 0.3 is 0 Å². The lowest BCUT2D eigenvalue weighted by Gasteiger charge is -2.13. The summed E-state index contributed by atoms with van der Waals surface area (Å²) in [6.45, 7) is 5.19. The molecule has 0 amide bonds. The first-order chi connectivity index (χ1) is 10.0. The van der Waals surface area contributed by atoms with Crippen LogP contribution in [0.25, 0.3) is 0 Å². The van der Waals surface area contributed by atoms with Crippen LogP contribution in [-0.2, 0) is 6.54 Å². The second-order valence-corrected chi connectivity index (χ2v) is 6.75. The summed E-state index contributed by atoms with van der Waals surface area (Å²) in [7, 11) is 0. The van der Waals surface area contributed by atoms with Crippen LogP contribution in [0.1, 0.15) is 18.1 Å². The Labute approximate surface area is 147 Å². The maximum absolute atomic E-state index is 9.95. The highest BCUT2D eigenvalue weighted by atomic mass is 127. The van der Waals surface area contributed by atoms with Gasteiger partial charge in [-0.2, -0.15) is 0 Å². The highest BCUT2D eigenvalue weighted by molar-refractivity contribution is 14.1. The van der Waals surface area contributed by atoms with Gasteiger partial charge in [-0.15, -0.1) is 0 Å². The van der Waals surface area contributed by atoms with E-state index in [2.05, 4.69) is 56.8 Å². The molecular weight excluding hydrogens is 445 g/mol. The zero-order chi connectivity index (χ0) is 15.4. The van der Waals surface area contributed by atoms with E-state index in [1.165, 1.54) is 5.56 Å². The van der Waals surface area contributed by atoms with Gasteiger partial charge in [0.15, 0.2) is 11.5 Å². The van der Waals surface area contributed by atoms with E-state index in [-0.39, 0.29) is 5.75 Å². The van der Waals surface area contributed by atoms with Crippen LogP contribution < -0.4 is 10.1 Å². The van der Waals surface area contributed by atoms with Crippen molar-refractivity contribution in [2.75, 3.05) is 11.9 Å². The summed E-state index contributed by atoms with van der Waals surface area (Å²) in [6.07, 6.45) is 0. The van der Waals surface area contributed by atoms with Crippen LogP contribution in [0.2, 0.25) is 0 Å². The van der Waals surface area contributed by atoms with Gasteiger partial charge in [0.05, 0.1) is 10.2 Å². The number of halogens is 2. The van der Waals surface area contributed by atoms with Crippen LogP contribution in [0.4, 0.5) is 5.69 Å². The van der Waals surface area contributed by atoms with Crippen LogP contribution in [0.15, 0.2) is 34.8 Å². The molecule has 0 atom stereocenters. The van der Waals surface area contributed by atoms with Gasteiger partial charge in [0.1, 0.15) is 0 Å². The third kappa shape index (κ3) is 4.26. The van der Waals surface area contributed by atoms with E-state index < -0.39 is 0 Å². The minimum absolute atomic E-state index is 0.209. The molecule has 0 saturated heterocycles. The Hall–Kier alpha value is -0.950. The Bertz CT molecular complexity index is 646. The highest BCUT2D eigenvalue weighted by Gasteiger charge is 2.09. The number of phenolic OH excluding ortho intramolecular Hbond substituents is 1. The molecule has 0 fully saturated rings. The molecule has 0 radical (unpaired) electrons. The van der Waals surface area contributed by atoms with Crippen molar-refractivity contribution >= 4 is 44.2 Å². The number of nitrogens with one attached hydrogen (secondary N) is 1. The smallest absolute Gasteiger partial charge is 0.171 e. The predicted octanol–water partition coefficient (Wildman–Crippen LogP) is 5.08. The minimum Gasteiger partial charge on any atom is -0.504 e. The van der Waals surface area contributed by atoms with Crippen molar-refractivity contribution in [1.29, 1.82) is 0 Å². The van der Waals surface area contributed by atoms with Gasteiger partial charge in [-0.25, -0.2) is 0 Å². The number of benzene rings is 2. The number of hydrogen-bond acceptors (Lipinski definition) is 3. The topological polar surface area (TPSA) is 41.5 Å². The summed E-state index contributed by atoms with van der Waals surface area (Å²) in [6, 6.07) is 9.98. The van der Waals surface area contributed by atoms with E-state index in [4.69, 9.17) is 4.74 Å². The van der Waals surface area contributed by atoms with E-state index in [1.54, 1.807) is 0 Å². The first kappa shape index (κ1) is 16.4. The molecular formula is C16H17BrINO2. The molecule has 112 valence electrons. The Morgan fingerprint density at radius 3 is 2.71 bits per heavy atom. The third-order valence-electron chi connectivity index (χ3n) is 3.06. The summed E-state index contributed by atoms with van der Waals surface area (Å²) >= 11 is 5.58. The number of aromatic hydroxyl groups is 1. The Morgan fingerprint density at radius 2 is 2.05 bits per heavy atom. The second kappa shape index (κ2) is 7.35. The maximum Gasteiger partial charge on any atom is 0.171 e. The number of anilines is 1. The standard InChI is InChI=1S/C16H17BrINO2/c1-3-21-15-8-11(7-13(18)16(15)20)9-19-14-5-4-12(17)6-10(14)2/h4-8,19-20H,3,9H2,1-2H3. The van der Waals surface area contributed by atoms with Crippen molar-refractivity contribution < 1.29 is 9.84 Å². The lowest BCUT2D eigenvalue weighted by Crippen LogP contribution is -2.02. The Kier molecular flexibility index (Phi) is 5.75. The van der Waals surface area contributed by atoms with Crippen molar-refractivity contribution in [2.45, 2.75) is 20.4 Å². The molecule has 0 aliphatic heterocycles. The fourth-order valence-corrected chi connectivity index (χ4v) is 3.16. The van der Waals surface area contributed by atoms with Gasteiger partial charge in [-0.05, 0) is 77.9 Å². The lowest BCUT2D eigenvalue weighted by molar-refractivity contribution is 0.317. The SMILES string of the molecule is CCOc1cc(CNc2ccc(Br)cc2C)cc(I)c1O. The van der Waals surface area contributed by atoms with Crippen LogP contribution in [0.3, 0.4) is 0 Å². The molecule has 0 saturated carbocycles. The Balaban J connectivity index is 2.16. The average Bonchev–Trinajstić information content (AvgIpc) is 2.43. The quantitative estimate of drug-likeness (QED) is 0.610. The monoisotopic (exact) mass is 461 g/mol. The summed E-state index contributed by atoms with van der Waals surface area (Å²) in [5.41, 5.74) is 3.35. The summed E-state index contributed by atoms with van der Waals surface area (Å²) in [5, 5.41) is 13.4. The molecule has 2 aromatic rings. The van der Waals surface area contributed by atoms with Crippen LogP contribution in [0.5, 0.6) is 11.5 Å². The third-order valence-corrected chi connectivity index (χ3v) is 4.38. The summed E-state index contributed by atoms with van der Waals surface area (Å²) < 4.78 is 7.33. The fourth-order valence-electron chi connectivity index (χ4n) is 2.02. The molecule has 2 aromatic carbocycles. The molecule has 0 spiro atoms. The minimum atomic E-state index is 0.209. The number of aryl methyl sites for hydroxylation is 1. The van der Waals surface area contributed by atoms with Crippen molar-refractivity contribution in [3.63, 3.8) is 0 Å². The van der Waals surface area contributed by atoms with E-state index in [1.807, 2.05) is 31.2 Å². The molecule has 21 heavy (non-hydrogen) atoms. The first-order valence-electron chi connectivity index (χ1n) is 6.65. The molecule has 5 heteroatoms. The van der Waals surface area contributed by atoms with Gasteiger partial charge in [-0.1, -0.05) is 15.9 Å². The second-order valence-electron chi connectivity index (χ2n) is 4.67. The van der Waals surface area contributed by atoms with E-state index in [0.717, 1.165) is 19.3 Å². The molecule has 2 N–H and O–H groups in total. The van der Waals surface area contributed by atoms with Crippen LogP contribution in [-0.4, -0.2) is 11.7 Å². The zero-order valence-electron chi connectivity index (χ0n) is 11.9. The van der Waals surface area contributed by atoms with E-state index >= 15 is 0 Å².